The Bertz CT molecular complexity index is 741. The highest BCUT2D eigenvalue weighted by Gasteiger charge is 2.13. The van der Waals surface area contributed by atoms with E-state index in [2.05, 4.69) is 21.3 Å². The number of nitriles is 1. The summed E-state index contributed by atoms with van der Waals surface area (Å²) >= 11 is 0. The SMILES string of the molecule is N#Cc1ccc(NC(=O)c2cc(N3CCCCCC3)ccn2)cc1. The van der Waals surface area contributed by atoms with Gasteiger partial charge in [0.1, 0.15) is 5.69 Å². The molecule has 122 valence electrons. The summed E-state index contributed by atoms with van der Waals surface area (Å²) < 4.78 is 0. The Hall–Kier alpha value is -2.87. The fourth-order valence-corrected chi connectivity index (χ4v) is 2.89. The zero-order chi connectivity index (χ0) is 16.8. The molecule has 0 unspecified atom stereocenters. The minimum Gasteiger partial charge on any atom is -0.371 e. The summed E-state index contributed by atoms with van der Waals surface area (Å²) in [6.45, 7) is 2.06. The van der Waals surface area contributed by atoms with Crippen LogP contribution in [0.5, 0.6) is 0 Å². The van der Waals surface area contributed by atoms with E-state index in [9.17, 15) is 4.79 Å². The number of nitrogens with zero attached hydrogens (tertiary/aromatic N) is 3. The third-order valence-corrected chi connectivity index (χ3v) is 4.22. The van der Waals surface area contributed by atoms with Gasteiger partial charge < -0.3 is 10.2 Å². The molecule has 1 amide bonds. The number of anilines is 2. The molecule has 3 rings (SSSR count). The maximum Gasteiger partial charge on any atom is 0.274 e. The molecule has 1 saturated heterocycles. The number of aromatic nitrogens is 1. The third kappa shape index (κ3) is 3.90. The first-order chi connectivity index (χ1) is 11.8. The predicted octanol–water partition coefficient (Wildman–Crippen LogP) is 3.59. The zero-order valence-electron chi connectivity index (χ0n) is 13.5. The van der Waals surface area contributed by atoms with Crippen LogP contribution in [-0.4, -0.2) is 24.0 Å². The fraction of sp³-hybridized carbons (Fsp3) is 0.316. The van der Waals surface area contributed by atoms with Crippen LogP contribution in [0.15, 0.2) is 42.6 Å². The molecule has 24 heavy (non-hydrogen) atoms. The Morgan fingerprint density at radius 1 is 1.08 bits per heavy atom. The monoisotopic (exact) mass is 320 g/mol. The van der Waals surface area contributed by atoms with Crippen molar-refractivity contribution in [2.24, 2.45) is 0 Å². The van der Waals surface area contributed by atoms with Gasteiger partial charge in [-0.1, -0.05) is 12.8 Å². The molecule has 5 heteroatoms. The molecule has 2 heterocycles. The van der Waals surface area contributed by atoms with E-state index in [-0.39, 0.29) is 5.91 Å². The Morgan fingerprint density at radius 2 is 1.79 bits per heavy atom. The fourth-order valence-electron chi connectivity index (χ4n) is 2.89. The summed E-state index contributed by atoms with van der Waals surface area (Å²) in [6.07, 6.45) is 6.61. The first kappa shape index (κ1) is 16.0. The second kappa shape index (κ2) is 7.60. The van der Waals surface area contributed by atoms with Crippen LogP contribution >= 0.6 is 0 Å². The van der Waals surface area contributed by atoms with Gasteiger partial charge in [0.25, 0.3) is 5.91 Å². The van der Waals surface area contributed by atoms with Crippen molar-refractivity contribution in [1.29, 1.82) is 5.26 Å². The standard InChI is InChI=1S/C19H20N4O/c20-14-15-5-7-16(8-6-15)22-19(24)18-13-17(9-10-21-18)23-11-3-1-2-4-12-23/h5-10,13H,1-4,11-12H2,(H,22,24). The van der Waals surface area contributed by atoms with Crippen LogP contribution in [0.2, 0.25) is 0 Å². The van der Waals surface area contributed by atoms with E-state index < -0.39 is 0 Å². The maximum atomic E-state index is 12.4. The minimum absolute atomic E-state index is 0.239. The number of hydrogen-bond donors (Lipinski definition) is 1. The lowest BCUT2D eigenvalue weighted by molar-refractivity contribution is 0.102. The number of carbonyl (C=O) groups is 1. The number of benzene rings is 1. The first-order valence-electron chi connectivity index (χ1n) is 8.29. The summed E-state index contributed by atoms with van der Waals surface area (Å²) in [5.41, 5.74) is 2.67. The molecule has 0 aliphatic carbocycles. The van der Waals surface area contributed by atoms with Crippen molar-refractivity contribution in [2.45, 2.75) is 25.7 Å². The zero-order valence-corrected chi connectivity index (χ0v) is 13.5. The van der Waals surface area contributed by atoms with Gasteiger partial charge in [-0.3, -0.25) is 9.78 Å². The molecule has 1 aromatic carbocycles. The molecular formula is C19H20N4O. The molecule has 1 N–H and O–H groups in total. The van der Waals surface area contributed by atoms with E-state index >= 15 is 0 Å². The van der Waals surface area contributed by atoms with Crippen LogP contribution in [0.1, 0.15) is 41.7 Å². The van der Waals surface area contributed by atoms with Crippen LogP contribution in [0, 0.1) is 11.3 Å². The molecule has 0 saturated carbocycles. The Balaban J connectivity index is 1.72. The Labute approximate surface area is 141 Å². The van der Waals surface area contributed by atoms with Crippen molar-refractivity contribution < 1.29 is 4.79 Å². The summed E-state index contributed by atoms with van der Waals surface area (Å²) in [7, 11) is 0. The van der Waals surface area contributed by atoms with Gasteiger partial charge in [-0.25, -0.2) is 0 Å². The number of hydrogen-bond acceptors (Lipinski definition) is 4. The number of pyridine rings is 1. The smallest absolute Gasteiger partial charge is 0.274 e. The normalized spacial score (nSPS) is 14.5. The number of carbonyl (C=O) groups excluding carboxylic acids is 1. The van der Waals surface area contributed by atoms with Crippen molar-refractivity contribution in [3.05, 3.63) is 53.9 Å². The Morgan fingerprint density at radius 3 is 2.46 bits per heavy atom. The average Bonchev–Trinajstić information content (AvgIpc) is 2.92. The van der Waals surface area contributed by atoms with E-state index in [1.807, 2.05) is 12.1 Å². The largest absolute Gasteiger partial charge is 0.371 e. The lowest BCUT2D eigenvalue weighted by Gasteiger charge is -2.22. The van der Waals surface area contributed by atoms with E-state index in [1.165, 1.54) is 25.7 Å². The molecule has 0 bridgehead atoms. The van der Waals surface area contributed by atoms with Crippen LogP contribution in [0.25, 0.3) is 0 Å². The molecule has 1 aliphatic rings. The predicted molar refractivity (Wildman–Crippen MR) is 94.0 cm³/mol. The summed E-state index contributed by atoms with van der Waals surface area (Å²) in [5, 5.41) is 11.6. The molecule has 5 nitrogen and oxygen atoms in total. The van der Waals surface area contributed by atoms with E-state index in [1.54, 1.807) is 30.5 Å². The molecular weight excluding hydrogens is 300 g/mol. The van der Waals surface area contributed by atoms with Crippen molar-refractivity contribution >= 4 is 17.3 Å². The van der Waals surface area contributed by atoms with E-state index in [0.717, 1.165) is 18.8 Å². The molecule has 2 aromatic rings. The highest BCUT2D eigenvalue weighted by atomic mass is 16.1. The van der Waals surface area contributed by atoms with E-state index in [0.29, 0.717) is 16.9 Å². The van der Waals surface area contributed by atoms with Crippen LogP contribution in [0.4, 0.5) is 11.4 Å². The maximum absolute atomic E-state index is 12.4. The molecule has 1 fully saturated rings. The van der Waals surface area contributed by atoms with Crippen molar-refractivity contribution in [3.63, 3.8) is 0 Å². The van der Waals surface area contributed by atoms with Crippen LogP contribution in [-0.2, 0) is 0 Å². The van der Waals surface area contributed by atoms with Crippen molar-refractivity contribution in [3.8, 4) is 6.07 Å². The molecule has 1 aliphatic heterocycles. The number of rotatable bonds is 3. The molecule has 0 spiro atoms. The van der Waals surface area contributed by atoms with Crippen molar-refractivity contribution in [2.75, 3.05) is 23.3 Å². The Kier molecular flexibility index (Phi) is 5.07. The minimum atomic E-state index is -0.239. The summed E-state index contributed by atoms with van der Waals surface area (Å²) in [5.74, 6) is -0.239. The average molecular weight is 320 g/mol. The third-order valence-electron chi connectivity index (χ3n) is 4.22. The first-order valence-corrected chi connectivity index (χ1v) is 8.29. The number of nitrogens with one attached hydrogen (secondary N) is 1. The topological polar surface area (TPSA) is 69.0 Å². The van der Waals surface area contributed by atoms with Crippen LogP contribution in [0.3, 0.4) is 0 Å². The van der Waals surface area contributed by atoms with Gasteiger partial charge in [-0.05, 0) is 49.2 Å². The van der Waals surface area contributed by atoms with Gasteiger partial charge in [0, 0.05) is 30.7 Å². The highest BCUT2D eigenvalue weighted by Crippen LogP contribution is 2.20. The van der Waals surface area contributed by atoms with Crippen molar-refractivity contribution in [1.82, 2.24) is 4.98 Å². The summed E-state index contributed by atoms with van der Waals surface area (Å²) in [4.78, 5) is 18.9. The van der Waals surface area contributed by atoms with Crippen LogP contribution < -0.4 is 10.2 Å². The quantitative estimate of drug-likeness (QED) is 0.938. The highest BCUT2D eigenvalue weighted by molar-refractivity contribution is 6.03. The lowest BCUT2D eigenvalue weighted by atomic mass is 10.2. The summed E-state index contributed by atoms with van der Waals surface area (Å²) in [6, 6.07) is 12.7. The second-order valence-corrected chi connectivity index (χ2v) is 5.94. The van der Waals surface area contributed by atoms with Gasteiger partial charge in [0.2, 0.25) is 0 Å². The second-order valence-electron chi connectivity index (χ2n) is 5.94. The van der Waals surface area contributed by atoms with Gasteiger partial charge in [-0.15, -0.1) is 0 Å². The van der Waals surface area contributed by atoms with Gasteiger partial charge in [0.15, 0.2) is 0 Å². The lowest BCUT2D eigenvalue weighted by Crippen LogP contribution is -2.24. The molecule has 0 radical (unpaired) electrons. The van der Waals surface area contributed by atoms with Gasteiger partial charge in [-0.2, -0.15) is 5.26 Å². The van der Waals surface area contributed by atoms with Gasteiger partial charge in [0.05, 0.1) is 11.6 Å². The number of amides is 1. The molecule has 0 atom stereocenters. The van der Waals surface area contributed by atoms with Gasteiger partial charge >= 0.3 is 0 Å². The van der Waals surface area contributed by atoms with E-state index in [4.69, 9.17) is 5.26 Å². The molecule has 1 aromatic heterocycles.